The molecule has 36 heavy (non-hydrogen) atoms. The lowest BCUT2D eigenvalue weighted by Crippen LogP contribution is -2.39. The van der Waals surface area contributed by atoms with Gasteiger partial charge in [0.2, 0.25) is 0 Å². The average molecular weight is 517 g/mol. The lowest BCUT2D eigenvalue weighted by Gasteiger charge is -2.25. The maximum atomic E-state index is 13.2. The Balaban J connectivity index is 2.07. The Morgan fingerprint density at radius 2 is 1.72 bits per heavy atom. The number of carbonyl (C=O) groups excluding carboxylic acids is 1. The van der Waals surface area contributed by atoms with E-state index in [-0.39, 0.29) is 17.9 Å². The van der Waals surface area contributed by atoms with Crippen molar-refractivity contribution in [3.8, 4) is 11.3 Å². The van der Waals surface area contributed by atoms with Crippen LogP contribution in [0, 0.1) is 18.3 Å². The highest BCUT2D eigenvalue weighted by atomic mass is 32.2. The number of amides is 1. The van der Waals surface area contributed by atoms with E-state index in [2.05, 4.69) is 9.88 Å². The van der Waals surface area contributed by atoms with Gasteiger partial charge in [-0.05, 0) is 74.3 Å². The van der Waals surface area contributed by atoms with Gasteiger partial charge in [0.1, 0.15) is 0 Å². The predicted molar refractivity (Wildman–Crippen MR) is 143 cm³/mol. The Morgan fingerprint density at radius 3 is 2.28 bits per heavy atom. The zero-order valence-corrected chi connectivity index (χ0v) is 23.1. The number of nitrogens with one attached hydrogen (secondary N) is 1. The summed E-state index contributed by atoms with van der Waals surface area (Å²) in [6.45, 7) is 12.0. The molecule has 1 aliphatic rings. The monoisotopic (exact) mass is 516 g/mol. The summed E-state index contributed by atoms with van der Waals surface area (Å²) in [6.07, 6.45) is 5.99. The van der Waals surface area contributed by atoms with Crippen LogP contribution in [-0.4, -0.2) is 36.9 Å². The molecule has 0 aliphatic heterocycles. The number of carboxylic acids is 1. The van der Waals surface area contributed by atoms with Crippen LogP contribution >= 0.6 is 0 Å². The van der Waals surface area contributed by atoms with Gasteiger partial charge in [-0.15, -0.1) is 0 Å². The smallest absolute Gasteiger partial charge is 0.310 e. The second-order valence-electron chi connectivity index (χ2n) is 11.7. The lowest BCUT2D eigenvalue weighted by atomic mass is 9.85. The van der Waals surface area contributed by atoms with E-state index in [1.54, 1.807) is 19.9 Å². The van der Waals surface area contributed by atoms with Crippen LogP contribution in [0.1, 0.15) is 88.3 Å². The van der Waals surface area contributed by atoms with Crippen LogP contribution in [0.3, 0.4) is 0 Å². The molecule has 1 fully saturated rings. The molecule has 3 N–H and O–H groups in total. The van der Waals surface area contributed by atoms with Crippen molar-refractivity contribution in [2.75, 3.05) is 6.54 Å². The van der Waals surface area contributed by atoms with Crippen molar-refractivity contribution in [1.82, 2.24) is 9.88 Å². The number of aliphatic carboxylic acids is 1. The Hall–Kier alpha value is -2.45. The first-order chi connectivity index (χ1) is 16.7. The molecule has 0 bridgehead atoms. The number of hydrogen-bond acceptors (Lipinski definition) is 3. The van der Waals surface area contributed by atoms with Gasteiger partial charge in [-0.1, -0.05) is 46.1 Å². The first-order valence-corrected chi connectivity index (χ1v) is 13.8. The molecule has 1 saturated carbocycles. The lowest BCUT2D eigenvalue weighted by molar-refractivity contribution is -0.146. The second kappa shape index (κ2) is 10.9. The van der Waals surface area contributed by atoms with Gasteiger partial charge in [-0.3, -0.25) is 9.59 Å². The number of aromatic nitrogens is 1. The van der Waals surface area contributed by atoms with Crippen LogP contribution in [0.5, 0.6) is 0 Å². The fourth-order valence-electron chi connectivity index (χ4n) is 4.88. The van der Waals surface area contributed by atoms with Gasteiger partial charge in [0.25, 0.3) is 5.91 Å². The van der Waals surface area contributed by atoms with E-state index in [0.717, 1.165) is 41.9 Å². The summed E-state index contributed by atoms with van der Waals surface area (Å²) < 4.78 is 24.1. The summed E-state index contributed by atoms with van der Waals surface area (Å²) in [5.74, 6) is -0.738. The zero-order valence-electron chi connectivity index (χ0n) is 22.3. The number of hydrogen-bond donors (Lipinski definition) is 3. The highest BCUT2D eigenvalue weighted by molar-refractivity contribution is 7.79. The highest BCUT2D eigenvalue weighted by Gasteiger charge is 2.29. The molecular formula is C28H40N2O5S. The summed E-state index contributed by atoms with van der Waals surface area (Å²) in [5, 5.41) is 12.2. The number of carbonyl (C=O) groups is 2. The Kier molecular flexibility index (Phi) is 8.51. The van der Waals surface area contributed by atoms with Crippen molar-refractivity contribution in [1.29, 1.82) is 0 Å². The maximum Gasteiger partial charge on any atom is 0.310 e. The van der Waals surface area contributed by atoms with Crippen molar-refractivity contribution in [3.63, 3.8) is 0 Å². The minimum Gasteiger partial charge on any atom is -0.481 e. The highest BCUT2D eigenvalue weighted by Crippen LogP contribution is 2.35. The number of benzene rings is 1. The van der Waals surface area contributed by atoms with Crippen LogP contribution in [-0.2, 0) is 27.8 Å². The molecule has 1 unspecified atom stereocenters. The van der Waals surface area contributed by atoms with E-state index in [0.29, 0.717) is 16.4 Å². The summed E-state index contributed by atoms with van der Waals surface area (Å²) >= 11 is -2.10. The quantitative estimate of drug-likeness (QED) is 0.386. The van der Waals surface area contributed by atoms with Crippen molar-refractivity contribution in [2.45, 2.75) is 90.5 Å². The summed E-state index contributed by atoms with van der Waals surface area (Å²) in [6, 6.07) is 7.39. The Morgan fingerprint density at radius 1 is 1.08 bits per heavy atom. The zero-order chi connectivity index (χ0) is 26.8. The largest absolute Gasteiger partial charge is 0.481 e. The van der Waals surface area contributed by atoms with Crippen molar-refractivity contribution >= 4 is 23.0 Å². The summed E-state index contributed by atoms with van der Waals surface area (Å²) in [5.41, 5.74) is 2.51. The van der Waals surface area contributed by atoms with E-state index in [1.807, 2.05) is 45.9 Å². The molecule has 0 spiro atoms. The van der Waals surface area contributed by atoms with Crippen molar-refractivity contribution in [2.24, 2.45) is 11.3 Å². The predicted octanol–water partition coefficient (Wildman–Crippen LogP) is 5.76. The SMILES string of the molecule is Cc1c(C(=O)NCC(C)(C)C(=O)O)cc(-c2ccc(S(=O)O)c(C(C)(C)C)c2)n1CC1CCCCC1. The van der Waals surface area contributed by atoms with E-state index < -0.39 is 22.5 Å². The normalized spacial score (nSPS) is 16.1. The summed E-state index contributed by atoms with van der Waals surface area (Å²) in [7, 11) is 0. The summed E-state index contributed by atoms with van der Waals surface area (Å²) in [4.78, 5) is 25.1. The molecule has 3 rings (SSSR count). The first kappa shape index (κ1) is 28.1. The van der Waals surface area contributed by atoms with E-state index in [1.165, 1.54) is 19.3 Å². The third-order valence-electron chi connectivity index (χ3n) is 7.32. The van der Waals surface area contributed by atoms with E-state index in [9.17, 15) is 23.5 Å². The minimum atomic E-state index is -2.10. The number of rotatable bonds is 8. The van der Waals surface area contributed by atoms with Crippen LogP contribution in [0.2, 0.25) is 0 Å². The van der Waals surface area contributed by atoms with Crippen molar-refractivity contribution in [3.05, 3.63) is 41.1 Å². The van der Waals surface area contributed by atoms with Gasteiger partial charge in [0, 0.05) is 24.5 Å². The van der Waals surface area contributed by atoms with Gasteiger partial charge in [0.15, 0.2) is 11.1 Å². The molecule has 1 amide bonds. The van der Waals surface area contributed by atoms with E-state index >= 15 is 0 Å². The maximum absolute atomic E-state index is 13.2. The third kappa shape index (κ3) is 6.27. The van der Waals surface area contributed by atoms with Crippen LogP contribution < -0.4 is 5.32 Å². The third-order valence-corrected chi connectivity index (χ3v) is 8.05. The van der Waals surface area contributed by atoms with Gasteiger partial charge in [-0.25, -0.2) is 4.21 Å². The molecule has 1 atom stereocenters. The molecule has 8 heteroatoms. The molecule has 198 valence electrons. The molecule has 1 aromatic carbocycles. The molecule has 0 saturated heterocycles. The fraction of sp³-hybridized carbons (Fsp3) is 0.571. The van der Waals surface area contributed by atoms with Crippen molar-refractivity contribution < 1.29 is 23.5 Å². The van der Waals surface area contributed by atoms with Gasteiger partial charge in [-0.2, -0.15) is 0 Å². The Labute approximate surface area is 217 Å². The van der Waals surface area contributed by atoms with Gasteiger partial charge >= 0.3 is 5.97 Å². The number of nitrogens with zero attached hydrogens (tertiary/aromatic N) is 1. The number of carboxylic acid groups (broad SMARTS) is 1. The molecule has 1 aromatic heterocycles. The minimum absolute atomic E-state index is 0.0227. The molecule has 1 aliphatic carbocycles. The van der Waals surface area contributed by atoms with Gasteiger partial charge < -0.3 is 19.5 Å². The van der Waals surface area contributed by atoms with Crippen LogP contribution in [0.25, 0.3) is 11.3 Å². The van der Waals surface area contributed by atoms with Crippen LogP contribution in [0.15, 0.2) is 29.2 Å². The molecular weight excluding hydrogens is 476 g/mol. The average Bonchev–Trinajstić information content (AvgIpc) is 3.13. The standard InChI is InChI=1S/C28H40N2O5S/c1-18-21(25(31)29-17-28(5,6)26(32)33)15-23(30(18)16-19-10-8-7-9-11-19)20-12-13-24(36(34)35)22(14-20)27(2,3)4/h12-15,19H,7-11,16-17H2,1-6H3,(H,29,31)(H,32,33)(H,34,35). The first-order valence-electron chi connectivity index (χ1n) is 12.7. The molecule has 1 heterocycles. The van der Waals surface area contributed by atoms with E-state index in [4.69, 9.17) is 0 Å². The molecule has 2 aromatic rings. The topological polar surface area (TPSA) is 109 Å². The fourth-order valence-corrected chi connectivity index (χ4v) is 5.61. The molecule has 7 nitrogen and oxygen atoms in total. The Bertz CT molecular complexity index is 1150. The second-order valence-corrected chi connectivity index (χ2v) is 12.7. The molecule has 0 radical (unpaired) electrons. The van der Waals surface area contributed by atoms with Gasteiger partial charge in [0.05, 0.1) is 15.9 Å². The van der Waals surface area contributed by atoms with Crippen LogP contribution in [0.4, 0.5) is 0 Å².